The Bertz CT molecular complexity index is 895. The van der Waals surface area contributed by atoms with Gasteiger partial charge in [0.05, 0.1) is 28.8 Å². The number of carbonyl (C=O) groups excluding carboxylic acids is 1. The first-order chi connectivity index (χ1) is 12.4. The van der Waals surface area contributed by atoms with Crippen LogP contribution in [0.3, 0.4) is 0 Å². The third-order valence-electron chi connectivity index (χ3n) is 3.86. The molecule has 1 heterocycles. The van der Waals surface area contributed by atoms with Gasteiger partial charge >= 0.3 is 6.09 Å². The molecule has 2 aromatic rings. The van der Waals surface area contributed by atoms with Gasteiger partial charge in [-0.25, -0.2) is 13.6 Å². The van der Waals surface area contributed by atoms with Crippen LogP contribution < -0.4 is 15.4 Å². The van der Waals surface area contributed by atoms with E-state index in [1.807, 2.05) is 0 Å². The molecule has 0 bridgehead atoms. The number of fused-ring (bicyclic) bond motifs is 1. The van der Waals surface area contributed by atoms with Gasteiger partial charge in [-0.05, 0) is 30.3 Å². The fraction of sp³-hybridized carbons (Fsp3) is 0.176. The van der Waals surface area contributed by atoms with Crippen LogP contribution in [-0.4, -0.2) is 23.7 Å². The SMILES string of the molecule is Cl.O=C(O)N[C@H]1CCOc2c(C(=O)Nc3ccc(F)c(Cl)c3)ccc(F)c21. The summed E-state index contributed by atoms with van der Waals surface area (Å²) in [6.45, 7) is 0.115. The zero-order valence-corrected chi connectivity index (χ0v) is 15.2. The van der Waals surface area contributed by atoms with Gasteiger partial charge in [0.25, 0.3) is 5.91 Å². The molecule has 2 aromatic carbocycles. The number of rotatable bonds is 3. The van der Waals surface area contributed by atoms with E-state index in [2.05, 4.69) is 10.6 Å². The normalized spacial score (nSPS) is 15.0. The van der Waals surface area contributed by atoms with E-state index < -0.39 is 29.7 Å². The molecule has 10 heteroatoms. The summed E-state index contributed by atoms with van der Waals surface area (Å²) in [5.74, 6) is -1.96. The molecule has 0 aromatic heterocycles. The first kappa shape index (κ1) is 20.7. The van der Waals surface area contributed by atoms with E-state index in [0.29, 0.717) is 0 Å². The van der Waals surface area contributed by atoms with E-state index in [0.717, 1.165) is 12.1 Å². The second-order valence-electron chi connectivity index (χ2n) is 5.56. The summed E-state index contributed by atoms with van der Waals surface area (Å²) in [4.78, 5) is 23.4. The minimum absolute atomic E-state index is 0. The lowest BCUT2D eigenvalue weighted by atomic mass is 9.96. The molecule has 0 unspecified atom stereocenters. The third-order valence-corrected chi connectivity index (χ3v) is 4.15. The number of hydrogen-bond acceptors (Lipinski definition) is 3. The van der Waals surface area contributed by atoms with Crippen molar-refractivity contribution in [3.05, 3.63) is 58.1 Å². The van der Waals surface area contributed by atoms with Crippen LogP contribution >= 0.6 is 24.0 Å². The summed E-state index contributed by atoms with van der Waals surface area (Å²) < 4.78 is 32.9. The number of carboxylic acid groups (broad SMARTS) is 1. The fourth-order valence-corrected chi connectivity index (χ4v) is 2.90. The molecule has 0 fully saturated rings. The highest BCUT2D eigenvalue weighted by molar-refractivity contribution is 6.31. The lowest BCUT2D eigenvalue weighted by molar-refractivity contribution is 0.102. The van der Waals surface area contributed by atoms with Crippen LogP contribution in [0, 0.1) is 11.6 Å². The predicted molar refractivity (Wildman–Crippen MR) is 97.0 cm³/mol. The molecule has 2 amide bonds. The van der Waals surface area contributed by atoms with E-state index in [-0.39, 0.29) is 53.0 Å². The summed E-state index contributed by atoms with van der Waals surface area (Å²) >= 11 is 5.68. The van der Waals surface area contributed by atoms with Crippen molar-refractivity contribution in [1.82, 2.24) is 5.32 Å². The Hall–Kier alpha value is -2.58. The Balaban J connectivity index is 0.00000261. The van der Waals surface area contributed by atoms with Crippen molar-refractivity contribution in [2.24, 2.45) is 0 Å². The van der Waals surface area contributed by atoms with Gasteiger partial charge in [-0.1, -0.05) is 11.6 Å². The van der Waals surface area contributed by atoms with Crippen LogP contribution in [-0.2, 0) is 0 Å². The Morgan fingerprint density at radius 1 is 1.19 bits per heavy atom. The Morgan fingerprint density at radius 2 is 1.89 bits per heavy atom. The van der Waals surface area contributed by atoms with Crippen molar-refractivity contribution in [1.29, 1.82) is 0 Å². The first-order valence-electron chi connectivity index (χ1n) is 7.58. The van der Waals surface area contributed by atoms with E-state index in [1.54, 1.807) is 0 Å². The van der Waals surface area contributed by atoms with Crippen molar-refractivity contribution < 1.29 is 28.2 Å². The molecule has 0 spiro atoms. The molecular formula is C17H14Cl2F2N2O4. The maximum Gasteiger partial charge on any atom is 0.405 e. The predicted octanol–water partition coefficient (Wildman–Crippen LogP) is 4.38. The molecule has 0 saturated heterocycles. The van der Waals surface area contributed by atoms with Gasteiger partial charge in [0.2, 0.25) is 0 Å². The highest BCUT2D eigenvalue weighted by Crippen LogP contribution is 2.37. The number of nitrogens with one attached hydrogen (secondary N) is 2. The van der Waals surface area contributed by atoms with Crippen LogP contribution in [0.1, 0.15) is 28.4 Å². The number of anilines is 1. The van der Waals surface area contributed by atoms with Crippen molar-refractivity contribution >= 4 is 41.7 Å². The van der Waals surface area contributed by atoms with Crippen LogP contribution in [0.4, 0.5) is 19.3 Å². The van der Waals surface area contributed by atoms with E-state index in [4.69, 9.17) is 21.4 Å². The summed E-state index contributed by atoms with van der Waals surface area (Å²) in [5.41, 5.74) is 0.248. The average molecular weight is 419 g/mol. The zero-order chi connectivity index (χ0) is 18.8. The molecule has 27 heavy (non-hydrogen) atoms. The van der Waals surface area contributed by atoms with Crippen LogP contribution in [0.15, 0.2) is 30.3 Å². The molecule has 1 aliphatic rings. The molecule has 0 saturated carbocycles. The third kappa shape index (κ3) is 4.40. The number of halogens is 4. The molecular weight excluding hydrogens is 405 g/mol. The average Bonchev–Trinajstić information content (AvgIpc) is 2.58. The summed E-state index contributed by atoms with van der Waals surface area (Å²) in [6.07, 6.45) is -1.08. The number of ether oxygens (including phenoxy) is 1. The summed E-state index contributed by atoms with van der Waals surface area (Å²) in [6, 6.07) is 5.13. The van der Waals surface area contributed by atoms with Gasteiger partial charge in [0, 0.05) is 12.1 Å². The number of amides is 2. The molecule has 0 radical (unpaired) electrons. The van der Waals surface area contributed by atoms with Gasteiger partial charge in [0.1, 0.15) is 17.4 Å². The van der Waals surface area contributed by atoms with Crippen LogP contribution in [0.5, 0.6) is 5.75 Å². The maximum atomic E-state index is 14.2. The summed E-state index contributed by atoms with van der Waals surface area (Å²) in [7, 11) is 0. The van der Waals surface area contributed by atoms with Gasteiger partial charge in [-0.3, -0.25) is 4.79 Å². The first-order valence-corrected chi connectivity index (χ1v) is 7.95. The lowest BCUT2D eigenvalue weighted by Gasteiger charge is -2.27. The molecule has 0 aliphatic carbocycles. The van der Waals surface area contributed by atoms with Crippen molar-refractivity contribution in [3.63, 3.8) is 0 Å². The Kier molecular flexibility index (Phi) is 6.45. The maximum absolute atomic E-state index is 14.2. The van der Waals surface area contributed by atoms with Crippen molar-refractivity contribution in [3.8, 4) is 5.75 Å². The second-order valence-corrected chi connectivity index (χ2v) is 5.97. The minimum Gasteiger partial charge on any atom is -0.492 e. The standard InChI is InChI=1S/C17H13ClF2N2O4.ClH/c18-10-7-8(1-3-11(10)19)21-16(23)9-2-4-12(20)14-13(22-17(24)25)5-6-26-15(9)14;/h1-4,7,13,22H,5-6H2,(H,21,23)(H,24,25);1H/t13-;/m0./s1. The smallest absolute Gasteiger partial charge is 0.405 e. The minimum atomic E-state index is -1.31. The molecule has 3 rings (SSSR count). The quantitative estimate of drug-likeness (QED) is 0.689. The summed E-state index contributed by atoms with van der Waals surface area (Å²) in [5, 5.41) is 13.5. The number of carbonyl (C=O) groups is 2. The van der Waals surface area contributed by atoms with Crippen molar-refractivity contribution in [2.75, 3.05) is 11.9 Å². The zero-order valence-electron chi connectivity index (χ0n) is 13.6. The monoisotopic (exact) mass is 418 g/mol. The van der Waals surface area contributed by atoms with Gasteiger partial charge < -0.3 is 20.5 Å². The fourth-order valence-electron chi connectivity index (χ4n) is 2.72. The van der Waals surface area contributed by atoms with Gasteiger partial charge in [0.15, 0.2) is 0 Å². The molecule has 6 nitrogen and oxygen atoms in total. The topological polar surface area (TPSA) is 87.7 Å². The highest BCUT2D eigenvalue weighted by Gasteiger charge is 2.30. The van der Waals surface area contributed by atoms with Crippen LogP contribution in [0.25, 0.3) is 0 Å². The molecule has 144 valence electrons. The molecule has 1 aliphatic heterocycles. The van der Waals surface area contributed by atoms with Gasteiger partial charge in [-0.15, -0.1) is 12.4 Å². The lowest BCUT2D eigenvalue weighted by Crippen LogP contribution is -2.32. The molecule has 3 N–H and O–H groups in total. The second kappa shape index (κ2) is 8.41. The van der Waals surface area contributed by atoms with E-state index in [9.17, 15) is 18.4 Å². The number of hydrogen-bond donors (Lipinski definition) is 3. The van der Waals surface area contributed by atoms with Crippen LogP contribution in [0.2, 0.25) is 5.02 Å². The van der Waals surface area contributed by atoms with Gasteiger partial charge in [-0.2, -0.15) is 0 Å². The van der Waals surface area contributed by atoms with E-state index >= 15 is 0 Å². The van der Waals surface area contributed by atoms with E-state index in [1.165, 1.54) is 18.2 Å². The highest BCUT2D eigenvalue weighted by atomic mass is 35.5. The number of benzene rings is 2. The molecule has 1 atom stereocenters. The Morgan fingerprint density at radius 3 is 2.56 bits per heavy atom. The Labute approximate surface area is 163 Å². The largest absolute Gasteiger partial charge is 0.492 e. The van der Waals surface area contributed by atoms with Crippen molar-refractivity contribution in [2.45, 2.75) is 12.5 Å².